The molecule has 0 heterocycles. The Balaban J connectivity index is 2.44. The second-order valence-corrected chi connectivity index (χ2v) is 4.06. The maximum Gasteiger partial charge on any atom is 0.123 e. The van der Waals surface area contributed by atoms with Gasteiger partial charge in [0, 0.05) is 25.7 Å². The fraction of sp³-hybridized carbons (Fsp3) is 0.500. The third-order valence-electron chi connectivity index (χ3n) is 2.19. The van der Waals surface area contributed by atoms with Crippen LogP contribution in [0.2, 0.25) is 0 Å². The van der Waals surface area contributed by atoms with Crippen molar-refractivity contribution in [2.24, 2.45) is 0 Å². The summed E-state index contributed by atoms with van der Waals surface area (Å²) in [6.45, 7) is 1.33. The van der Waals surface area contributed by atoms with Gasteiger partial charge in [0.1, 0.15) is 5.82 Å². The highest BCUT2D eigenvalue weighted by molar-refractivity contribution is 9.09. The quantitative estimate of drug-likeness (QED) is 0.567. The minimum absolute atomic E-state index is 0.0301. The van der Waals surface area contributed by atoms with Crippen molar-refractivity contribution in [3.63, 3.8) is 0 Å². The van der Waals surface area contributed by atoms with Gasteiger partial charge in [0.15, 0.2) is 0 Å². The Hall–Kier alpha value is -0.450. The summed E-state index contributed by atoms with van der Waals surface area (Å²) in [5.74, 6) is -0.226. The van der Waals surface area contributed by atoms with Crippen LogP contribution >= 0.6 is 15.9 Å². The number of halogens is 2. The molecule has 0 amide bonds. The van der Waals surface area contributed by atoms with Gasteiger partial charge in [-0.2, -0.15) is 0 Å². The van der Waals surface area contributed by atoms with Crippen molar-refractivity contribution in [1.29, 1.82) is 0 Å². The normalized spacial score (nSPS) is 12.7. The minimum Gasteiger partial charge on any atom is -0.385 e. The van der Waals surface area contributed by atoms with E-state index in [4.69, 9.17) is 9.47 Å². The first-order valence-corrected chi connectivity index (χ1v) is 6.32. The Morgan fingerprint density at radius 1 is 1.25 bits per heavy atom. The van der Waals surface area contributed by atoms with Crippen LogP contribution in [-0.2, 0) is 9.47 Å². The van der Waals surface area contributed by atoms with Gasteiger partial charge >= 0.3 is 0 Å². The summed E-state index contributed by atoms with van der Waals surface area (Å²) in [6, 6.07) is 6.39. The molecule has 4 heteroatoms. The van der Waals surface area contributed by atoms with E-state index in [1.807, 2.05) is 0 Å². The van der Waals surface area contributed by atoms with Crippen LogP contribution in [0.3, 0.4) is 0 Å². The molecule has 0 spiro atoms. The van der Waals surface area contributed by atoms with Crippen LogP contribution < -0.4 is 0 Å². The fourth-order valence-corrected chi connectivity index (χ4v) is 1.90. The molecular weight excluding hydrogens is 275 g/mol. The zero-order valence-electron chi connectivity index (χ0n) is 9.29. The average Bonchev–Trinajstić information content (AvgIpc) is 2.31. The highest BCUT2D eigenvalue weighted by Gasteiger charge is 2.10. The second kappa shape index (κ2) is 7.76. The smallest absolute Gasteiger partial charge is 0.123 e. The summed E-state index contributed by atoms with van der Waals surface area (Å²) in [4.78, 5) is 0. The second-order valence-electron chi connectivity index (χ2n) is 3.41. The Morgan fingerprint density at radius 2 is 1.94 bits per heavy atom. The molecule has 90 valence electrons. The molecule has 0 fully saturated rings. The molecule has 0 aliphatic rings. The highest BCUT2D eigenvalue weighted by atomic mass is 79.9. The van der Waals surface area contributed by atoms with Crippen molar-refractivity contribution in [1.82, 2.24) is 0 Å². The van der Waals surface area contributed by atoms with Crippen molar-refractivity contribution in [2.45, 2.75) is 12.5 Å². The molecule has 2 nitrogen and oxygen atoms in total. The van der Waals surface area contributed by atoms with Gasteiger partial charge < -0.3 is 9.47 Å². The molecular formula is C12H16BrFO2. The van der Waals surface area contributed by atoms with Crippen LogP contribution in [0.4, 0.5) is 4.39 Å². The maximum atomic E-state index is 12.7. The summed E-state index contributed by atoms with van der Waals surface area (Å²) < 4.78 is 23.3. The van der Waals surface area contributed by atoms with Crippen molar-refractivity contribution >= 4 is 15.9 Å². The van der Waals surface area contributed by atoms with E-state index in [9.17, 15) is 4.39 Å². The monoisotopic (exact) mass is 290 g/mol. The Kier molecular flexibility index (Phi) is 6.61. The molecule has 0 aliphatic heterocycles. The molecule has 0 N–H and O–H groups in total. The van der Waals surface area contributed by atoms with E-state index >= 15 is 0 Å². The van der Waals surface area contributed by atoms with Gasteiger partial charge in [-0.25, -0.2) is 4.39 Å². The predicted molar refractivity (Wildman–Crippen MR) is 65.4 cm³/mol. The van der Waals surface area contributed by atoms with Crippen LogP contribution in [-0.4, -0.2) is 25.7 Å². The third kappa shape index (κ3) is 4.60. The lowest BCUT2D eigenvalue weighted by Gasteiger charge is -2.15. The van der Waals surface area contributed by atoms with E-state index in [0.29, 0.717) is 18.5 Å². The molecule has 1 rings (SSSR count). The molecule has 1 aromatic carbocycles. The largest absolute Gasteiger partial charge is 0.385 e. The number of benzene rings is 1. The molecule has 0 saturated heterocycles. The number of hydrogen-bond donors (Lipinski definition) is 0. The van der Waals surface area contributed by atoms with Gasteiger partial charge in [-0.15, -0.1) is 0 Å². The number of hydrogen-bond acceptors (Lipinski definition) is 2. The maximum absolute atomic E-state index is 12.7. The number of alkyl halides is 1. The van der Waals surface area contributed by atoms with E-state index in [-0.39, 0.29) is 11.9 Å². The van der Waals surface area contributed by atoms with E-state index in [0.717, 1.165) is 12.0 Å². The van der Waals surface area contributed by atoms with Crippen molar-refractivity contribution in [3.05, 3.63) is 35.6 Å². The molecule has 0 bridgehead atoms. The van der Waals surface area contributed by atoms with Gasteiger partial charge in [0.25, 0.3) is 0 Å². The zero-order valence-corrected chi connectivity index (χ0v) is 10.9. The molecule has 1 atom stereocenters. The van der Waals surface area contributed by atoms with Crippen molar-refractivity contribution in [3.8, 4) is 0 Å². The standard InChI is InChI=1S/C12H16BrFO2/c1-15-7-2-8-16-12(9-13)10-3-5-11(14)6-4-10/h3-6,12H,2,7-9H2,1H3. The van der Waals surface area contributed by atoms with Crippen molar-refractivity contribution in [2.75, 3.05) is 25.7 Å². The number of ether oxygens (including phenoxy) is 2. The third-order valence-corrected chi connectivity index (χ3v) is 2.78. The van der Waals surface area contributed by atoms with E-state index in [1.54, 1.807) is 19.2 Å². The first-order chi connectivity index (χ1) is 7.77. The number of methoxy groups -OCH3 is 1. The van der Waals surface area contributed by atoms with Crippen LogP contribution in [0.5, 0.6) is 0 Å². The zero-order chi connectivity index (χ0) is 11.8. The number of rotatable bonds is 7. The lowest BCUT2D eigenvalue weighted by molar-refractivity contribution is 0.0532. The van der Waals surface area contributed by atoms with Gasteiger partial charge in [0.05, 0.1) is 6.10 Å². The van der Waals surface area contributed by atoms with Gasteiger partial charge in [0.2, 0.25) is 0 Å². The van der Waals surface area contributed by atoms with Crippen LogP contribution in [0.15, 0.2) is 24.3 Å². The summed E-state index contributed by atoms with van der Waals surface area (Å²) in [5.41, 5.74) is 0.982. The summed E-state index contributed by atoms with van der Waals surface area (Å²) in [5, 5.41) is 0.700. The Labute approximate surface area is 104 Å². The summed E-state index contributed by atoms with van der Waals surface area (Å²) >= 11 is 3.39. The SMILES string of the molecule is COCCCOC(CBr)c1ccc(F)cc1. The van der Waals surface area contributed by atoms with E-state index in [2.05, 4.69) is 15.9 Å². The fourth-order valence-electron chi connectivity index (χ4n) is 1.34. The van der Waals surface area contributed by atoms with Crippen LogP contribution in [0.25, 0.3) is 0 Å². The molecule has 0 aliphatic carbocycles. The molecule has 1 aromatic rings. The predicted octanol–water partition coefficient (Wildman–Crippen LogP) is 3.31. The summed E-state index contributed by atoms with van der Waals surface area (Å²) in [7, 11) is 1.67. The van der Waals surface area contributed by atoms with Gasteiger partial charge in [-0.3, -0.25) is 0 Å². The topological polar surface area (TPSA) is 18.5 Å². The molecule has 0 aromatic heterocycles. The van der Waals surface area contributed by atoms with Crippen LogP contribution in [0.1, 0.15) is 18.1 Å². The molecule has 1 unspecified atom stereocenters. The Morgan fingerprint density at radius 3 is 2.50 bits per heavy atom. The Bertz CT molecular complexity index is 290. The van der Waals surface area contributed by atoms with Crippen molar-refractivity contribution < 1.29 is 13.9 Å². The lowest BCUT2D eigenvalue weighted by Crippen LogP contribution is -2.08. The molecule has 16 heavy (non-hydrogen) atoms. The highest BCUT2D eigenvalue weighted by Crippen LogP contribution is 2.20. The summed E-state index contributed by atoms with van der Waals surface area (Å²) in [6.07, 6.45) is 0.832. The lowest BCUT2D eigenvalue weighted by atomic mass is 10.1. The van der Waals surface area contributed by atoms with Crippen LogP contribution in [0, 0.1) is 5.82 Å². The average molecular weight is 291 g/mol. The molecule has 0 saturated carbocycles. The van der Waals surface area contributed by atoms with Gasteiger partial charge in [-0.05, 0) is 24.1 Å². The van der Waals surface area contributed by atoms with Gasteiger partial charge in [-0.1, -0.05) is 28.1 Å². The first-order valence-electron chi connectivity index (χ1n) is 5.20. The molecule has 0 radical (unpaired) electrons. The van der Waals surface area contributed by atoms with E-state index < -0.39 is 0 Å². The van der Waals surface area contributed by atoms with E-state index in [1.165, 1.54) is 12.1 Å². The minimum atomic E-state index is -0.226. The first kappa shape index (κ1) is 13.6.